The molecular weight excluding hydrogens is 402 g/mol. The molecule has 166 valence electrons. The van der Waals surface area contributed by atoms with Gasteiger partial charge in [0.1, 0.15) is 12.4 Å². The van der Waals surface area contributed by atoms with E-state index in [4.69, 9.17) is 4.74 Å². The molecule has 0 aliphatic carbocycles. The molecule has 5 heteroatoms. The van der Waals surface area contributed by atoms with Crippen molar-refractivity contribution in [1.82, 2.24) is 0 Å². The number of esters is 1. The Bertz CT molecular complexity index is 1110. The van der Waals surface area contributed by atoms with Crippen LogP contribution >= 0.6 is 0 Å². The third-order valence-corrected chi connectivity index (χ3v) is 6.08. The predicted molar refractivity (Wildman–Crippen MR) is 125 cm³/mol. The van der Waals surface area contributed by atoms with E-state index in [9.17, 15) is 15.0 Å². The van der Waals surface area contributed by atoms with E-state index < -0.39 is 5.60 Å². The van der Waals surface area contributed by atoms with Gasteiger partial charge in [-0.15, -0.1) is 0 Å². The Balaban J connectivity index is 1.57. The maximum atomic E-state index is 11.8. The van der Waals surface area contributed by atoms with E-state index in [1.807, 2.05) is 36.4 Å². The Hall–Kier alpha value is -3.31. The number of nitrogens with one attached hydrogen (secondary N) is 1. The summed E-state index contributed by atoms with van der Waals surface area (Å²) in [6.07, 6.45) is 0.899. The first-order valence-electron chi connectivity index (χ1n) is 10.8. The van der Waals surface area contributed by atoms with E-state index in [1.54, 1.807) is 24.3 Å². The summed E-state index contributed by atoms with van der Waals surface area (Å²) in [5.74, 6) is -0.111. The first-order chi connectivity index (χ1) is 15.2. The van der Waals surface area contributed by atoms with Gasteiger partial charge in [0.15, 0.2) is 0 Å². The van der Waals surface area contributed by atoms with Gasteiger partial charge in [0.25, 0.3) is 0 Å². The molecule has 0 radical (unpaired) electrons. The highest BCUT2D eigenvalue weighted by Gasteiger charge is 2.36. The van der Waals surface area contributed by atoms with Crippen molar-refractivity contribution in [3.63, 3.8) is 0 Å². The fourth-order valence-corrected chi connectivity index (χ4v) is 4.56. The van der Waals surface area contributed by atoms with Gasteiger partial charge in [-0.1, -0.05) is 56.3 Å². The molecule has 32 heavy (non-hydrogen) atoms. The van der Waals surface area contributed by atoms with Gasteiger partial charge in [-0.05, 0) is 53.3 Å². The van der Waals surface area contributed by atoms with E-state index in [0.29, 0.717) is 24.9 Å². The number of phenolic OH excluding ortho intramolecular Hbond substituents is 1. The first-order valence-corrected chi connectivity index (χ1v) is 10.8. The summed E-state index contributed by atoms with van der Waals surface area (Å²) < 4.78 is 5.09. The monoisotopic (exact) mass is 431 g/mol. The Morgan fingerprint density at radius 2 is 1.78 bits per heavy atom. The molecule has 0 saturated heterocycles. The smallest absolute Gasteiger partial charge is 0.338 e. The highest BCUT2D eigenvalue weighted by Crippen LogP contribution is 2.35. The number of aliphatic hydroxyl groups is 1. The molecular formula is C27H29NO4. The van der Waals surface area contributed by atoms with Crippen molar-refractivity contribution in [2.75, 3.05) is 11.9 Å². The number of cyclic esters (lactones) is 1. The second-order valence-electron chi connectivity index (χ2n) is 9.30. The lowest BCUT2D eigenvalue weighted by Gasteiger charge is -2.37. The number of hydrogen-bond donors (Lipinski definition) is 3. The molecule has 3 aromatic carbocycles. The maximum absolute atomic E-state index is 11.8. The minimum Gasteiger partial charge on any atom is -0.508 e. The van der Waals surface area contributed by atoms with Crippen LogP contribution < -0.4 is 5.32 Å². The number of fused-ring (bicyclic) bond motifs is 1. The molecule has 0 spiro atoms. The normalized spacial score (nSPS) is 15.0. The second kappa shape index (κ2) is 8.67. The Kier molecular flexibility index (Phi) is 5.94. The number of anilines is 1. The van der Waals surface area contributed by atoms with Crippen LogP contribution in [0.5, 0.6) is 5.75 Å². The molecule has 1 heterocycles. The van der Waals surface area contributed by atoms with E-state index in [1.165, 1.54) is 0 Å². The zero-order valence-corrected chi connectivity index (χ0v) is 18.5. The van der Waals surface area contributed by atoms with Crippen molar-refractivity contribution in [3.8, 4) is 5.75 Å². The molecule has 3 N–H and O–H groups in total. The molecule has 0 amide bonds. The summed E-state index contributed by atoms with van der Waals surface area (Å²) in [6, 6.07) is 22.7. The summed E-state index contributed by atoms with van der Waals surface area (Å²) in [4.78, 5) is 11.7. The van der Waals surface area contributed by atoms with Gasteiger partial charge >= 0.3 is 5.97 Å². The lowest BCUT2D eigenvalue weighted by Crippen LogP contribution is -2.44. The third kappa shape index (κ3) is 4.94. The van der Waals surface area contributed by atoms with E-state index in [2.05, 4.69) is 31.3 Å². The molecule has 4 rings (SSSR count). The Morgan fingerprint density at radius 3 is 2.53 bits per heavy atom. The molecule has 1 atom stereocenters. The number of ether oxygens (including phenoxy) is 1. The molecule has 0 aromatic heterocycles. The van der Waals surface area contributed by atoms with Gasteiger partial charge in [0.05, 0.1) is 11.2 Å². The standard InChI is InChI=1S/C27H29NO4/c1-26(2,21-8-4-3-5-9-21)17-27(31,15-19-7-6-10-23(29)13-19)18-28-22-11-12-24-20(14-22)16-32-25(24)30/h3-14,28-29,31H,15-18H2,1-2H3. The minimum absolute atomic E-state index is 0.184. The molecule has 0 bridgehead atoms. The van der Waals surface area contributed by atoms with Crippen LogP contribution in [0.4, 0.5) is 5.69 Å². The number of rotatable bonds is 8. The first kappa shape index (κ1) is 21.9. The van der Waals surface area contributed by atoms with E-state index in [-0.39, 0.29) is 23.7 Å². The quantitative estimate of drug-likeness (QED) is 0.446. The molecule has 5 nitrogen and oxygen atoms in total. The SMILES string of the molecule is CC(C)(CC(O)(CNc1ccc2c(c1)COC2=O)Cc1cccc(O)c1)c1ccccc1. The molecule has 1 aliphatic heterocycles. The van der Waals surface area contributed by atoms with E-state index >= 15 is 0 Å². The summed E-state index contributed by atoms with van der Waals surface area (Å²) in [7, 11) is 0. The van der Waals surface area contributed by atoms with Crippen molar-refractivity contribution in [1.29, 1.82) is 0 Å². The Morgan fingerprint density at radius 1 is 1.00 bits per heavy atom. The van der Waals surface area contributed by atoms with Crippen LogP contribution in [0.1, 0.15) is 47.3 Å². The van der Waals surface area contributed by atoms with Crippen LogP contribution in [-0.4, -0.2) is 28.3 Å². The number of carbonyl (C=O) groups excluding carboxylic acids is 1. The Labute approximate surface area is 188 Å². The highest BCUT2D eigenvalue weighted by atomic mass is 16.5. The minimum atomic E-state index is -1.08. The van der Waals surface area contributed by atoms with Crippen molar-refractivity contribution >= 4 is 11.7 Å². The maximum Gasteiger partial charge on any atom is 0.338 e. The lowest BCUT2D eigenvalue weighted by atomic mass is 9.73. The molecule has 1 aliphatic rings. The zero-order chi connectivity index (χ0) is 22.8. The highest BCUT2D eigenvalue weighted by molar-refractivity contribution is 5.93. The van der Waals surface area contributed by atoms with Crippen molar-refractivity contribution in [2.24, 2.45) is 0 Å². The van der Waals surface area contributed by atoms with Crippen molar-refractivity contribution in [2.45, 2.75) is 44.3 Å². The second-order valence-corrected chi connectivity index (χ2v) is 9.30. The van der Waals surface area contributed by atoms with Gasteiger partial charge < -0.3 is 20.3 Å². The van der Waals surface area contributed by atoms with E-state index in [0.717, 1.165) is 22.4 Å². The van der Waals surface area contributed by atoms with Crippen LogP contribution in [0.3, 0.4) is 0 Å². The van der Waals surface area contributed by atoms with Crippen LogP contribution in [0.25, 0.3) is 0 Å². The fraction of sp³-hybridized carbons (Fsp3) is 0.296. The van der Waals surface area contributed by atoms with Crippen LogP contribution in [-0.2, 0) is 23.2 Å². The summed E-state index contributed by atoms with van der Waals surface area (Å²) in [5.41, 5.74) is 2.94. The number of benzene rings is 3. The number of carbonyl (C=O) groups is 1. The van der Waals surface area contributed by atoms with Crippen LogP contribution in [0, 0.1) is 0 Å². The summed E-state index contributed by atoms with van der Waals surface area (Å²) in [6.45, 7) is 4.85. The van der Waals surface area contributed by atoms with Gasteiger partial charge in [-0.3, -0.25) is 0 Å². The van der Waals surface area contributed by atoms with Gasteiger partial charge in [-0.25, -0.2) is 4.79 Å². The third-order valence-electron chi connectivity index (χ3n) is 6.08. The fourth-order valence-electron chi connectivity index (χ4n) is 4.56. The van der Waals surface area contributed by atoms with Gasteiger partial charge in [0.2, 0.25) is 0 Å². The largest absolute Gasteiger partial charge is 0.508 e. The lowest BCUT2D eigenvalue weighted by molar-refractivity contribution is 0.0257. The van der Waals surface area contributed by atoms with Gasteiger partial charge in [0, 0.05) is 24.2 Å². The number of aromatic hydroxyl groups is 1. The van der Waals surface area contributed by atoms with Crippen LogP contribution in [0.2, 0.25) is 0 Å². The molecule has 1 unspecified atom stereocenters. The molecule has 3 aromatic rings. The predicted octanol–water partition coefficient (Wildman–Crippen LogP) is 4.82. The molecule has 0 fully saturated rings. The number of phenols is 1. The molecule has 0 saturated carbocycles. The summed E-state index contributed by atoms with van der Waals surface area (Å²) >= 11 is 0. The number of hydrogen-bond acceptors (Lipinski definition) is 5. The van der Waals surface area contributed by atoms with Crippen LogP contribution in [0.15, 0.2) is 72.8 Å². The van der Waals surface area contributed by atoms with Gasteiger partial charge in [-0.2, -0.15) is 0 Å². The zero-order valence-electron chi connectivity index (χ0n) is 18.5. The average Bonchev–Trinajstić information content (AvgIpc) is 3.13. The summed E-state index contributed by atoms with van der Waals surface area (Å²) in [5, 5.41) is 25.1. The average molecular weight is 432 g/mol. The topological polar surface area (TPSA) is 78.8 Å². The van der Waals surface area contributed by atoms with Crippen molar-refractivity contribution < 1.29 is 19.7 Å². The van der Waals surface area contributed by atoms with Crippen molar-refractivity contribution in [3.05, 3.63) is 95.1 Å².